The molecule has 0 aliphatic carbocycles. The lowest BCUT2D eigenvalue weighted by molar-refractivity contribution is -0.00350. The van der Waals surface area contributed by atoms with Crippen LogP contribution in [0.1, 0.15) is 10.4 Å². The molecule has 3 N–H and O–H groups in total. The van der Waals surface area contributed by atoms with Gasteiger partial charge in [-0.15, -0.1) is 0 Å². The highest BCUT2D eigenvalue weighted by atomic mass is 35.5. The van der Waals surface area contributed by atoms with Gasteiger partial charge in [-0.25, -0.2) is 0 Å². The van der Waals surface area contributed by atoms with E-state index in [1.807, 2.05) is 0 Å². The Morgan fingerprint density at radius 2 is 2.29 bits per heavy atom. The molecule has 5 nitrogen and oxygen atoms in total. The van der Waals surface area contributed by atoms with Crippen LogP contribution in [-0.4, -0.2) is 32.3 Å². The number of amides is 1. The van der Waals surface area contributed by atoms with E-state index < -0.39 is 0 Å². The number of benzene rings is 1. The van der Waals surface area contributed by atoms with Crippen molar-refractivity contribution in [3.05, 3.63) is 22.7 Å². The molecule has 1 fully saturated rings. The van der Waals surface area contributed by atoms with E-state index in [9.17, 15) is 4.79 Å². The van der Waals surface area contributed by atoms with Gasteiger partial charge in [-0.1, -0.05) is 11.6 Å². The molecule has 1 aromatic carbocycles. The van der Waals surface area contributed by atoms with Crippen molar-refractivity contribution < 1.29 is 14.3 Å². The molecule has 1 aromatic rings. The molecule has 92 valence electrons. The average Bonchev–Trinajstić information content (AvgIpc) is 2.26. The van der Waals surface area contributed by atoms with Crippen LogP contribution in [0.2, 0.25) is 5.02 Å². The second kappa shape index (κ2) is 4.81. The number of rotatable bonds is 3. The molecule has 0 radical (unpaired) electrons. The van der Waals surface area contributed by atoms with Crippen molar-refractivity contribution in [2.45, 2.75) is 6.04 Å². The number of nitrogens with one attached hydrogen (secondary N) is 1. The molecule has 0 spiro atoms. The Labute approximate surface area is 104 Å². The Hall–Kier alpha value is -1.46. The van der Waals surface area contributed by atoms with Gasteiger partial charge in [-0.05, 0) is 6.07 Å². The Bertz CT molecular complexity index is 447. The average molecular weight is 257 g/mol. The molecule has 0 atom stereocenters. The Morgan fingerprint density at radius 1 is 1.59 bits per heavy atom. The normalized spacial score (nSPS) is 15.2. The summed E-state index contributed by atoms with van der Waals surface area (Å²) in [5.74, 6) is 0.168. The fourth-order valence-electron chi connectivity index (χ4n) is 1.50. The number of methoxy groups -OCH3 is 1. The predicted molar refractivity (Wildman–Crippen MR) is 64.5 cm³/mol. The minimum atomic E-state index is -0.239. The van der Waals surface area contributed by atoms with E-state index in [4.69, 9.17) is 26.8 Å². The maximum atomic E-state index is 11.9. The first-order valence-electron chi connectivity index (χ1n) is 5.13. The summed E-state index contributed by atoms with van der Waals surface area (Å²) >= 11 is 5.89. The van der Waals surface area contributed by atoms with Crippen molar-refractivity contribution in [1.29, 1.82) is 0 Å². The molecule has 0 saturated carbocycles. The predicted octanol–water partition coefficient (Wildman–Crippen LogP) is 1.06. The highest BCUT2D eigenvalue weighted by Gasteiger charge is 2.23. The van der Waals surface area contributed by atoms with Crippen molar-refractivity contribution in [2.75, 3.05) is 26.1 Å². The number of anilines is 1. The van der Waals surface area contributed by atoms with Gasteiger partial charge in [-0.2, -0.15) is 0 Å². The van der Waals surface area contributed by atoms with E-state index in [1.54, 1.807) is 0 Å². The number of nitrogen functional groups attached to an aromatic ring is 1. The lowest BCUT2D eigenvalue weighted by Gasteiger charge is -2.27. The number of ether oxygens (including phenoxy) is 2. The van der Waals surface area contributed by atoms with Gasteiger partial charge >= 0.3 is 0 Å². The van der Waals surface area contributed by atoms with Gasteiger partial charge in [0.05, 0.1) is 42.6 Å². The van der Waals surface area contributed by atoms with E-state index >= 15 is 0 Å². The molecule has 0 bridgehead atoms. The standard InChI is InChI=1S/C11H13ClN2O3/c1-16-10-3-9(13)8(12)2-7(10)11(15)14-6-4-17-5-6/h2-3,6H,4-5,13H2,1H3,(H,14,15). The van der Waals surface area contributed by atoms with Gasteiger partial charge in [-0.3, -0.25) is 4.79 Å². The van der Waals surface area contributed by atoms with Crippen molar-refractivity contribution in [3.8, 4) is 5.75 Å². The number of nitrogens with two attached hydrogens (primary N) is 1. The molecule has 1 amide bonds. The third-order valence-electron chi connectivity index (χ3n) is 2.54. The topological polar surface area (TPSA) is 73.6 Å². The second-order valence-electron chi connectivity index (χ2n) is 3.78. The number of halogens is 1. The van der Waals surface area contributed by atoms with E-state index in [-0.39, 0.29) is 11.9 Å². The van der Waals surface area contributed by atoms with Gasteiger partial charge in [0.2, 0.25) is 0 Å². The van der Waals surface area contributed by atoms with Crippen LogP contribution in [-0.2, 0) is 4.74 Å². The summed E-state index contributed by atoms with van der Waals surface area (Å²) in [6, 6.07) is 3.10. The summed E-state index contributed by atoms with van der Waals surface area (Å²) in [4.78, 5) is 11.9. The molecule has 0 unspecified atom stereocenters. The number of hydrogen-bond acceptors (Lipinski definition) is 4. The maximum absolute atomic E-state index is 11.9. The zero-order valence-electron chi connectivity index (χ0n) is 9.33. The first-order chi connectivity index (χ1) is 8.11. The summed E-state index contributed by atoms with van der Waals surface area (Å²) in [5, 5.41) is 3.14. The van der Waals surface area contributed by atoms with Crippen molar-refractivity contribution >= 4 is 23.2 Å². The SMILES string of the molecule is COc1cc(N)c(Cl)cc1C(=O)NC1COC1. The highest BCUT2D eigenvalue weighted by Crippen LogP contribution is 2.28. The van der Waals surface area contributed by atoms with Crippen LogP contribution in [0.15, 0.2) is 12.1 Å². The van der Waals surface area contributed by atoms with Crippen LogP contribution in [0, 0.1) is 0 Å². The Kier molecular flexibility index (Phi) is 3.40. The van der Waals surface area contributed by atoms with E-state index in [0.717, 1.165) is 0 Å². The number of carbonyl (C=O) groups is 1. The Morgan fingerprint density at radius 3 is 2.82 bits per heavy atom. The minimum Gasteiger partial charge on any atom is -0.496 e. The van der Waals surface area contributed by atoms with E-state index in [0.29, 0.717) is 35.2 Å². The first-order valence-corrected chi connectivity index (χ1v) is 5.51. The van der Waals surface area contributed by atoms with Crippen LogP contribution in [0.4, 0.5) is 5.69 Å². The highest BCUT2D eigenvalue weighted by molar-refractivity contribution is 6.33. The number of hydrogen-bond donors (Lipinski definition) is 2. The zero-order chi connectivity index (χ0) is 12.4. The second-order valence-corrected chi connectivity index (χ2v) is 4.19. The minimum absolute atomic E-state index is 0.0588. The third-order valence-corrected chi connectivity index (χ3v) is 2.86. The number of carbonyl (C=O) groups excluding carboxylic acids is 1. The summed E-state index contributed by atoms with van der Waals surface area (Å²) in [7, 11) is 1.48. The first kappa shape index (κ1) is 12.0. The molecule has 0 aromatic heterocycles. The summed E-state index contributed by atoms with van der Waals surface area (Å²) in [5.41, 5.74) is 6.40. The third kappa shape index (κ3) is 2.45. The molecule has 6 heteroatoms. The van der Waals surface area contributed by atoms with Gasteiger partial charge in [0.15, 0.2) is 0 Å². The van der Waals surface area contributed by atoms with Gasteiger partial charge in [0, 0.05) is 6.07 Å². The van der Waals surface area contributed by atoms with Crippen molar-refractivity contribution in [3.63, 3.8) is 0 Å². The van der Waals surface area contributed by atoms with E-state index in [1.165, 1.54) is 19.2 Å². The monoisotopic (exact) mass is 256 g/mol. The van der Waals surface area contributed by atoms with Crippen LogP contribution < -0.4 is 15.8 Å². The largest absolute Gasteiger partial charge is 0.496 e. The molecule has 17 heavy (non-hydrogen) atoms. The van der Waals surface area contributed by atoms with Gasteiger partial charge in [0.25, 0.3) is 5.91 Å². The van der Waals surface area contributed by atoms with E-state index in [2.05, 4.69) is 5.32 Å². The molecule has 1 aliphatic rings. The van der Waals surface area contributed by atoms with Crippen molar-refractivity contribution in [2.24, 2.45) is 0 Å². The lowest BCUT2D eigenvalue weighted by atomic mass is 10.1. The molecular weight excluding hydrogens is 244 g/mol. The smallest absolute Gasteiger partial charge is 0.255 e. The summed E-state index contributed by atoms with van der Waals surface area (Å²) in [6.07, 6.45) is 0. The van der Waals surface area contributed by atoms with Crippen molar-refractivity contribution in [1.82, 2.24) is 5.32 Å². The lowest BCUT2D eigenvalue weighted by Crippen LogP contribution is -2.48. The van der Waals surface area contributed by atoms with Crippen LogP contribution in [0.3, 0.4) is 0 Å². The van der Waals surface area contributed by atoms with Crippen LogP contribution in [0.5, 0.6) is 5.75 Å². The van der Waals surface area contributed by atoms with Gasteiger partial charge < -0.3 is 20.5 Å². The maximum Gasteiger partial charge on any atom is 0.255 e. The molecular formula is C11H13ClN2O3. The summed E-state index contributed by atoms with van der Waals surface area (Å²) in [6.45, 7) is 1.08. The Balaban J connectivity index is 2.23. The van der Waals surface area contributed by atoms with Gasteiger partial charge in [0.1, 0.15) is 5.75 Å². The molecule has 1 heterocycles. The molecule has 2 rings (SSSR count). The fraction of sp³-hybridized carbons (Fsp3) is 0.364. The summed E-state index contributed by atoms with van der Waals surface area (Å²) < 4.78 is 10.1. The quantitative estimate of drug-likeness (QED) is 0.793. The van der Waals surface area contributed by atoms with Crippen LogP contribution >= 0.6 is 11.6 Å². The zero-order valence-corrected chi connectivity index (χ0v) is 10.1. The molecule has 1 aliphatic heterocycles. The van der Waals surface area contributed by atoms with Crippen LogP contribution in [0.25, 0.3) is 0 Å². The molecule has 1 saturated heterocycles. The fourth-order valence-corrected chi connectivity index (χ4v) is 1.66.